The number of nitrogens with zero attached hydrogens (tertiary/aromatic N) is 1. The monoisotopic (exact) mass is 254 g/mol. The van der Waals surface area contributed by atoms with Crippen LogP contribution in [0, 0.1) is 18.3 Å². The van der Waals surface area contributed by atoms with Gasteiger partial charge < -0.3 is 9.72 Å². The Morgan fingerprint density at radius 3 is 2.63 bits per heavy atom. The minimum Gasteiger partial charge on any atom is -0.461 e. The van der Waals surface area contributed by atoms with Gasteiger partial charge in [0, 0.05) is 11.8 Å². The van der Waals surface area contributed by atoms with E-state index in [9.17, 15) is 4.79 Å². The molecule has 0 unspecified atom stereocenters. The van der Waals surface area contributed by atoms with E-state index in [0.717, 1.165) is 11.1 Å². The summed E-state index contributed by atoms with van der Waals surface area (Å²) in [6.45, 7) is 4.03. The van der Waals surface area contributed by atoms with E-state index in [1.807, 2.05) is 31.2 Å². The lowest BCUT2D eigenvalue weighted by molar-refractivity contribution is 0.0521. The van der Waals surface area contributed by atoms with Crippen molar-refractivity contribution in [1.82, 2.24) is 4.98 Å². The predicted octanol–water partition coefficient (Wildman–Crippen LogP) is 3.04. The first-order valence-electron chi connectivity index (χ1n) is 6.03. The molecular weight excluding hydrogens is 240 g/mol. The number of aromatic nitrogens is 1. The molecule has 1 N–H and O–H groups in total. The highest BCUT2D eigenvalue weighted by molar-refractivity contribution is 5.97. The maximum absolute atomic E-state index is 11.9. The van der Waals surface area contributed by atoms with Crippen molar-refractivity contribution < 1.29 is 9.53 Å². The van der Waals surface area contributed by atoms with Crippen LogP contribution < -0.4 is 0 Å². The zero-order chi connectivity index (χ0) is 13.8. The van der Waals surface area contributed by atoms with Crippen LogP contribution in [0.2, 0.25) is 0 Å². The van der Waals surface area contributed by atoms with Crippen LogP contribution in [0.15, 0.2) is 30.5 Å². The summed E-state index contributed by atoms with van der Waals surface area (Å²) in [5.74, 6) is -0.445. The molecule has 0 amide bonds. The molecule has 1 aromatic carbocycles. The first-order chi connectivity index (χ1) is 9.17. The summed E-state index contributed by atoms with van der Waals surface area (Å²) in [6.07, 6.45) is 1.53. The predicted molar refractivity (Wildman–Crippen MR) is 71.6 cm³/mol. The highest BCUT2D eigenvalue weighted by atomic mass is 16.5. The van der Waals surface area contributed by atoms with Gasteiger partial charge in [-0.25, -0.2) is 4.79 Å². The van der Waals surface area contributed by atoms with Crippen molar-refractivity contribution in [3.8, 4) is 17.2 Å². The van der Waals surface area contributed by atoms with Crippen molar-refractivity contribution in [2.45, 2.75) is 13.8 Å². The molecule has 0 bridgehead atoms. The number of hydrogen-bond acceptors (Lipinski definition) is 3. The van der Waals surface area contributed by atoms with Gasteiger partial charge in [-0.3, -0.25) is 0 Å². The van der Waals surface area contributed by atoms with Gasteiger partial charge in [0.15, 0.2) is 0 Å². The van der Waals surface area contributed by atoms with Gasteiger partial charge in [0.2, 0.25) is 0 Å². The third kappa shape index (κ3) is 2.50. The van der Waals surface area contributed by atoms with Crippen molar-refractivity contribution in [3.63, 3.8) is 0 Å². The van der Waals surface area contributed by atoms with E-state index in [1.54, 1.807) is 6.92 Å². The second kappa shape index (κ2) is 5.40. The molecule has 4 heteroatoms. The number of aryl methyl sites for hydroxylation is 1. The van der Waals surface area contributed by atoms with Crippen LogP contribution in [0.25, 0.3) is 11.1 Å². The molecule has 0 aliphatic carbocycles. The maximum Gasteiger partial charge on any atom is 0.355 e. The van der Waals surface area contributed by atoms with Crippen LogP contribution >= 0.6 is 0 Å². The van der Waals surface area contributed by atoms with Crippen LogP contribution in [0.5, 0.6) is 0 Å². The van der Waals surface area contributed by atoms with Gasteiger partial charge in [0.05, 0.1) is 12.2 Å². The fraction of sp³-hybridized carbons (Fsp3) is 0.200. The molecule has 2 rings (SSSR count). The first-order valence-corrected chi connectivity index (χ1v) is 6.03. The Hall–Kier alpha value is -2.54. The molecule has 4 nitrogen and oxygen atoms in total. The number of hydrogen-bond donors (Lipinski definition) is 1. The molecular formula is C15H14N2O2. The number of aromatic amines is 1. The average molecular weight is 254 g/mol. The number of nitriles is 1. The number of rotatable bonds is 3. The van der Waals surface area contributed by atoms with Gasteiger partial charge >= 0.3 is 5.97 Å². The average Bonchev–Trinajstić information content (AvgIpc) is 2.83. The van der Waals surface area contributed by atoms with Crippen molar-refractivity contribution in [3.05, 3.63) is 47.3 Å². The molecule has 19 heavy (non-hydrogen) atoms. The van der Waals surface area contributed by atoms with Crippen molar-refractivity contribution >= 4 is 5.97 Å². The van der Waals surface area contributed by atoms with Crippen LogP contribution in [0.3, 0.4) is 0 Å². The van der Waals surface area contributed by atoms with Gasteiger partial charge in [-0.15, -0.1) is 0 Å². The minimum absolute atomic E-state index is 0.299. The summed E-state index contributed by atoms with van der Waals surface area (Å²) in [4.78, 5) is 14.7. The van der Waals surface area contributed by atoms with Crippen LogP contribution in [0.1, 0.15) is 28.5 Å². The quantitative estimate of drug-likeness (QED) is 0.856. The number of H-pyrrole nitrogens is 1. The van der Waals surface area contributed by atoms with E-state index in [1.165, 1.54) is 6.20 Å². The smallest absolute Gasteiger partial charge is 0.355 e. The summed E-state index contributed by atoms with van der Waals surface area (Å²) in [5.41, 5.74) is 3.30. The molecule has 96 valence electrons. The minimum atomic E-state index is -0.445. The third-order valence-corrected chi connectivity index (χ3v) is 2.82. The van der Waals surface area contributed by atoms with Gasteiger partial charge in [-0.2, -0.15) is 5.26 Å². The molecule has 1 aromatic heterocycles. The van der Waals surface area contributed by atoms with E-state index in [4.69, 9.17) is 10.00 Å². The van der Waals surface area contributed by atoms with Gasteiger partial charge in [0.1, 0.15) is 11.8 Å². The number of carbonyl (C=O) groups excluding carboxylic acids is 1. The molecule has 1 heterocycles. The topological polar surface area (TPSA) is 65.9 Å². The summed E-state index contributed by atoms with van der Waals surface area (Å²) in [6, 6.07) is 9.75. The molecule has 0 atom stereocenters. The highest BCUT2D eigenvalue weighted by Gasteiger charge is 2.19. The Balaban J connectivity index is 2.54. The van der Waals surface area contributed by atoms with E-state index >= 15 is 0 Å². The number of nitrogens with one attached hydrogen (secondary N) is 1. The van der Waals surface area contributed by atoms with Gasteiger partial charge in [0.25, 0.3) is 0 Å². The first kappa shape index (κ1) is 12.9. The summed E-state index contributed by atoms with van der Waals surface area (Å²) >= 11 is 0. The molecule has 0 aliphatic rings. The Morgan fingerprint density at radius 1 is 1.37 bits per heavy atom. The number of ether oxygens (including phenoxy) is 1. The molecule has 0 saturated heterocycles. The number of esters is 1. The maximum atomic E-state index is 11.9. The molecule has 0 fully saturated rings. The second-order valence-electron chi connectivity index (χ2n) is 4.15. The lowest BCUT2D eigenvalue weighted by Gasteiger charge is -2.05. The SMILES string of the molecule is CCOC(=O)c1[nH]cc(C#N)c1-c1ccc(C)cc1. The standard InChI is InChI=1S/C15H14N2O2/c1-3-19-15(18)14-13(12(8-16)9-17-14)11-6-4-10(2)5-7-11/h4-7,9,17H,3H2,1-2H3. The Bertz CT molecular complexity index is 633. The van der Waals surface area contributed by atoms with Crippen molar-refractivity contribution in [1.29, 1.82) is 5.26 Å². The van der Waals surface area contributed by atoms with Gasteiger partial charge in [-0.05, 0) is 19.4 Å². The normalized spacial score (nSPS) is 9.95. The van der Waals surface area contributed by atoms with Crippen LogP contribution in [-0.4, -0.2) is 17.6 Å². The van der Waals surface area contributed by atoms with Crippen molar-refractivity contribution in [2.24, 2.45) is 0 Å². The summed E-state index contributed by atoms with van der Waals surface area (Å²) in [7, 11) is 0. The second-order valence-corrected chi connectivity index (χ2v) is 4.15. The van der Waals surface area contributed by atoms with E-state index in [-0.39, 0.29) is 0 Å². The van der Waals surface area contributed by atoms with Crippen LogP contribution in [-0.2, 0) is 4.74 Å². The molecule has 0 aliphatic heterocycles. The van der Waals surface area contributed by atoms with E-state index < -0.39 is 5.97 Å². The fourth-order valence-electron chi connectivity index (χ4n) is 1.90. The fourth-order valence-corrected chi connectivity index (χ4v) is 1.90. The van der Waals surface area contributed by atoms with Gasteiger partial charge in [-0.1, -0.05) is 29.8 Å². The number of carbonyl (C=O) groups is 1. The van der Waals surface area contributed by atoms with Crippen molar-refractivity contribution in [2.75, 3.05) is 6.61 Å². The summed E-state index contributed by atoms with van der Waals surface area (Å²) in [5, 5.41) is 9.14. The van der Waals surface area contributed by atoms with E-state index in [2.05, 4.69) is 11.1 Å². The molecule has 0 saturated carbocycles. The molecule has 0 radical (unpaired) electrons. The zero-order valence-electron chi connectivity index (χ0n) is 10.9. The Kier molecular flexibility index (Phi) is 3.67. The lowest BCUT2D eigenvalue weighted by atomic mass is 10.0. The molecule has 0 spiro atoms. The zero-order valence-corrected chi connectivity index (χ0v) is 10.9. The summed E-state index contributed by atoms with van der Waals surface area (Å²) < 4.78 is 4.99. The largest absolute Gasteiger partial charge is 0.461 e. The third-order valence-electron chi connectivity index (χ3n) is 2.82. The Labute approximate surface area is 111 Å². The Morgan fingerprint density at radius 2 is 2.05 bits per heavy atom. The number of benzene rings is 1. The highest BCUT2D eigenvalue weighted by Crippen LogP contribution is 2.28. The van der Waals surface area contributed by atoms with E-state index in [0.29, 0.717) is 23.4 Å². The lowest BCUT2D eigenvalue weighted by Crippen LogP contribution is -2.06. The van der Waals surface area contributed by atoms with Crippen LogP contribution in [0.4, 0.5) is 0 Å². The molecule has 2 aromatic rings.